The lowest BCUT2D eigenvalue weighted by Crippen LogP contribution is -2.71. The van der Waals surface area contributed by atoms with Gasteiger partial charge in [-0.05, 0) is 0 Å². The van der Waals surface area contributed by atoms with Crippen molar-refractivity contribution in [2.45, 2.75) is 27.4 Å². The Bertz CT molecular complexity index is 1140. The topological polar surface area (TPSA) is 490 Å². The van der Waals surface area contributed by atoms with Gasteiger partial charge in [-0.25, -0.2) is 4.90 Å². The fourth-order valence-corrected chi connectivity index (χ4v) is 17.6. The van der Waals surface area contributed by atoms with Gasteiger partial charge in [0.25, 0.3) is 0 Å². The molecule has 0 saturated heterocycles. The van der Waals surface area contributed by atoms with Crippen LogP contribution in [0.4, 0.5) is 0 Å². The van der Waals surface area contributed by atoms with Crippen molar-refractivity contribution < 1.29 is 115 Å². The van der Waals surface area contributed by atoms with Crippen molar-refractivity contribution in [1.82, 2.24) is 4.90 Å². The maximum absolute atomic E-state index is 12.3. The van der Waals surface area contributed by atoms with Gasteiger partial charge >= 0.3 is 60.8 Å². The predicted octanol–water partition coefficient (Wildman–Crippen LogP) is -4.37. The molecule has 40 heavy (non-hydrogen) atoms. The van der Waals surface area contributed by atoms with Gasteiger partial charge in [0.2, 0.25) is 11.0 Å². The van der Waals surface area contributed by atoms with E-state index in [0.29, 0.717) is 0 Å². The van der Waals surface area contributed by atoms with E-state index < -0.39 is 99.6 Å². The predicted molar refractivity (Wildman–Crippen MR) is 125 cm³/mol. The normalized spacial score (nSPS) is 16.1. The first-order valence-electron chi connectivity index (χ1n) is 8.81. The summed E-state index contributed by atoms with van der Waals surface area (Å²) in [6, 6.07) is 0. The molecule has 0 atom stereocenters. The van der Waals surface area contributed by atoms with Crippen molar-refractivity contribution in [2.24, 2.45) is 5.73 Å². The van der Waals surface area contributed by atoms with Gasteiger partial charge in [-0.15, -0.1) is 0 Å². The van der Waals surface area contributed by atoms with Crippen LogP contribution in [0.5, 0.6) is 0 Å². The molecule has 18 N–H and O–H groups in total. The van der Waals surface area contributed by atoms with E-state index >= 15 is 0 Å². The second kappa shape index (κ2) is 12.1. The van der Waals surface area contributed by atoms with E-state index in [1.165, 1.54) is 0 Å². The van der Waals surface area contributed by atoms with Gasteiger partial charge < -0.3 is 84.0 Å². The molecule has 0 aromatic heterocycles. The average Bonchev–Trinajstić information content (AvgIpc) is 2.49. The Morgan fingerprint density at radius 2 is 0.600 bits per heavy atom. The van der Waals surface area contributed by atoms with Gasteiger partial charge in [-0.2, -0.15) is 0 Å². The molecule has 0 radical (unpaired) electrons. The van der Waals surface area contributed by atoms with Crippen molar-refractivity contribution in [3.8, 4) is 0 Å². The third-order valence-electron chi connectivity index (χ3n) is 4.68. The molecule has 0 aromatic carbocycles. The summed E-state index contributed by atoms with van der Waals surface area (Å²) in [4.78, 5) is 153. The van der Waals surface area contributed by atoms with Crippen LogP contribution >= 0.6 is 60.8 Å². The molecule has 26 nitrogen and oxygen atoms in total. The quantitative estimate of drug-likeness (QED) is 0.0744. The molecule has 0 saturated carbocycles. The van der Waals surface area contributed by atoms with E-state index in [4.69, 9.17) is 5.73 Å². The minimum absolute atomic E-state index is 1.90. The highest BCUT2D eigenvalue weighted by atomic mass is 31.3. The third-order valence-corrected chi connectivity index (χ3v) is 19.6. The molecular formula is C6H24N2O24P8. The van der Waals surface area contributed by atoms with E-state index in [9.17, 15) is 115 Å². The van der Waals surface area contributed by atoms with Crippen LogP contribution in [0.3, 0.4) is 0 Å². The first-order chi connectivity index (χ1) is 16.9. The van der Waals surface area contributed by atoms with Crippen molar-refractivity contribution in [2.75, 3.05) is 6.54 Å². The first-order valence-corrected chi connectivity index (χ1v) is 22.3. The van der Waals surface area contributed by atoms with Crippen LogP contribution < -0.4 is 5.73 Å². The third kappa shape index (κ3) is 9.31. The Labute approximate surface area is 220 Å². The molecule has 0 aliphatic carbocycles. The van der Waals surface area contributed by atoms with Gasteiger partial charge in [0, 0.05) is 6.54 Å². The molecule has 0 heterocycles. The number of hydrogen-bond donors (Lipinski definition) is 17. The average molecular weight is 756 g/mol. The van der Waals surface area contributed by atoms with Crippen LogP contribution in [0, 0.1) is 0 Å². The minimum Gasteiger partial charge on any atom is -0.329 e. The van der Waals surface area contributed by atoms with Gasteiger partial charge in [0.1, 0.15) is 0 Å². The highest BCUT2D eigenvalue weighted by molar-refractivity contribution is 7.74. The Morgan fingerprint density at radius 1 is 0.425 bits per heavy atom. The number of hydrogen-bond acceptors (Lipinski definition) is 10. The molecule has 0 spiro atoms. The van der Waals surface area contributed by atoms with Crippen LogP contribution in [0.1, 0.15) is 0 Å². The maximum atomic E-state index is 12.3. The molecule has 0 amide bonds. The second-order valence-corrected chi connectivity index (χ2v) is 22.8. The van der Waals surface area contributed by atoms with E-state index in [0.717, 1.165) is 0 Å². The zero-order chi connectivity index (χ0) is 33.1. The molecule has 0 aliphatic heterocycles. The largest absolute Gasteiger partial charge is 0.355 e. The zero-order valence-corrected chi connectivity index (χ0v) is 25.7. The number of rotatable bonds is 14. The molecular weight excluding hydrogens is 732 g/mol. The molecule has 0 fully saturated rings. The van der Waals surface area contributed by atoms with E-state index in [1.807, 2.05) is 0 Å². The van der Waals surface area contributed by atoms with Gasteiger partial charge in [0.05, 0.1) is 5.54 Å². The SMILES string of the molecule is NCC(C(P(=O)(O)O)P(=O)(O)O)(C(P(=O)(O)O)P(=O)(O)O)N(C(P(=O)(O)O)P(=O)(O)O)C(P(=O)(O)O)P(=O)(O)O. The second-order valence-electron chi connectivity index (χ2n) is 7.76. The van der Waals surface area contributed by atoms with Crippen molar-refractivity contribution in [1.29, 1.82) is 0 Å². The summed E-state index contributed by atoms with van der Waals surface area (Å²) in [6.07, 6.45) is 0. The van der Waals surface area contributed by atoms with E-state index in [-0.39, 0.29) is 0 Å². The monoisotopic (exact) mass is 756 g/mol. The first kappa shape index (κ1) is 41.1. The van der Waals surface area contributed by atoms with Crippen LogP contribution in [-0.4, -0.2) is 117 Å². The van der Waals surface area contributed by atoms with E-state index in [2.05, 4.69) is 0 Å². The molecule has 242 valence electrons. The standard InChI is InChI=1S/C6H24N2O24P8/c7-1-6(2(33(9,10)11)34(12,13)14,3(35(15,16)17)36(18,19)20)8(4(37(21,22)23)38(24,25)26)5(39(27,28)29)40(30,31)32/h2-5H,1,7H2,(H2,9,10,11)(H2,12,13,14)(H2,15,16,17)(H2,18,19,20)(H2,21,22,23)(H2,24,25,26)(H2,27,28,29)(H2,30,31,32). The van der Waals surface area contributed by atoms with Crippen molar-refractivity contribution in [3.05, 3.63) is 0 Å². The van der Waals surface area contributed by atoms with Crippen LogP contribution in [-0.2, 0) is 36.5 Å². The lowest BCUT2D eigenvalue weighted by atomic mass is 10.0. The highest BCUT2D eigenvalue weighted by Crippen LogP contribution is 2.79. The highest BCUT2D eigenvalue weighted by Gasteiger charge is 2.77. The van der Waals surface area contributed by atoms with Crippen molar-refractivity contribution >= 4 is 60.8 Å². The summed E-state index contributed by atoms with van der Waals surface area (Å²) >= 11 is 0. The summed E-state index contributed by atoms with van der Waals surface area (Å²) in [6.45, 7) is -2.71. The zero-order valence-electron chi connectivity index (χ0n) is 18.5. The summed E-state index contributed by atoms with van der Waals surface area (Å²) in [5.41, 5.74) is -9.64. The minimum atomic E-state index is -7.15. The summed E-state index contributed by atoms with van der Waals surface area (Å²) < 4.78 is 98.2. The van der Waals surface area contributed by atoms with Crippen LogP contribution in [0.2, 0.25) is 0 Å². The van der Waals surface area contributed by atoms with E-state index in [1.54, 1.807) is 0 Å². The molecule has 34 heteroatoms. The fraction of sp³-hybridized carbons (Fsp3) is 1.00. The van der Waals surface area contributed by atoms with Crippen molar-refractivity contribution in [3.63, 3.8) is 0 Å². The number of nitrogens with two attached hydrogens (primary N) is 1. The summed E-state index contributed by atoms with van der Waals surface area (Å²) in [5.74, 6) is 0. The van der Waals surface area contributed by atoms with Gasteiger partial charge in [0.15, 0.2) is 10.8 Å². The Kier molecular flexibility index (Phi) is 12.5. The smallest absolute Gasteiger partial charge is 0.329 e. The Balaban J connectivity index is 9.49. The van der Waals surface area contributed by atoms with Crippen LogP contribution in [0.25, 0.3) is 0 Å². The van der Waals surface area contributed by atoms with Gasteiger partial charge in [-0.3, -0.25) is 36.5 Å². The Morgan fingerprint density at radius 3 is 0.700 bits per heavy atom. The maximum Gasteiger partial charge on any atom is 0.355 e. The Hall–Kier alpha value is 1.12. The molecule has 0 aliphatic rings. The van der Waals surface area contributed by atoms with Gasteiger partial charge in [-0.1, -0.05) is 0 Å². The summed E-state index contributed by atoms with van der Waals surface area (Å²) in [7, 11) is -57.2. The number of nitrogens with zero attached hydrogens (tertiary/aromatic N) is 1. The van der Waals surface area contributed by atoms with Crippen LogP contribution in [0.15, 0.2) is 0 Å². The summed E-state index contributed by atoms with van der Waals surface area (Å²) in [5, 5.41) is -9.38. The molecule has 0 aromatic rings. The molecule has 0 unspecified atom stereocenters. The lowest BCUT2D eigenvalue weighted by molar-refractivity contribution is 0.0713. The fourth-order valence-electron chi connectivity index (χ4n) is 3.86. The molecule has 0 rings (SSSR count). The molecule has 0 bridgehead atoms. The lowest BCUT2D eigenvalue weighted by Gasteiger charge is -2.55.